The standard InChI is InChI=1S/C14H18N2O9/c1-5(17)22-4-8-11(23-6(2)18)9-10(14(25-8)24-7(3)19)16-13(21)12(20)15-9/h8-11,14H,4H2,1-3H3,(H,15,20)(H,16,21)/t8-,9-,10-,11-,14-/m1/s1. The zero-order valence-electron chi connectivity index (χ0n) is 13.8. The molecular weight excluding hydrogens is 340 g/mol. The molecule has 2 aliphatic rings. The predicted octanol–water partition coefficient (Wildman–Crippen LogP) is -2.25. The zero-order valence-corrected chi connectivity index (χ0v) is 13.8. The molecule has 0 saturated carbocycles. The molecule has 138 valence electrons. The maximum Gasteiger partial charge on any atom is 0.309 e. The molecule has 2 rings (SSSR count). The second-order valence-electron chi connectivity index (χ2n) is 5.53. The summed E-state index contributed by atoms with van der Waals surface area (Å²) in [5.41, 5.74) is 0. The monoisotopic (exact) mass is 358 g/mol. The first kappa shape index (κ1) is 18.6. The van der Waals surface area contributed by atoms with E-state index in [9.17, 15) is 24.0 Å². The van der Waals surface area contributed by atoms with Crippen LogP contribution in [0.2, 0.25) is 0 Å². The maximum absolute atomic E-state index is 11.7. The fourth-order valence-electron chi connectivity index (χ4n) is 2.64. The molecule has 0 aliphatic carbocycles. The average Bonchev–Trinajstić information content (AvgIpc) is 2.49. The van der Waals surface area contributed by atoms with E-state index < -0.39 is 60.3 Å². The fourth-order valence-corrected chi connectivity index (χ4v) is 2.64. The summed E-state index contributed by atoms with van der Waals surface area (Å²) < 4.78 is 20.6. The van der Waals surface area contributed by atoms with Gasteiger partial charge in [0.1, 0.15) is 18.8 Å². The molecule has 0 aromatic carbocycles. The van der Waals surface area contributed by atoms with Gasteiger partial charge >= 0.3 is 29.7 Å². The molecule has 11 heteroatoms. The van der Waals surface area contributed by atoms with Crippen molar-refractivity contribution < 1.29 is 42.9 Å². The highest BCUT2D eigenvalue weighted by Crippen LogP contribution is 2.27. The number of carbonyl (C=O) groups is 5. The van der Waals surface area contributed by atoms with Gasteiger partial charge in [0.2, 0.25) is 6.29 Å². The topological polar surface area (TPSA) is 146 Å². The summed E-state index contributed by atoms with van der Waals surface area (Å²) in [5.74, 6) is -3.84. The van der Waals surface area contributed by atoms with Crippen molar-refractivity contribution in [1.29, 1.82) is 0 Å². The molecule has 2 saturated heterocycles. The Morgan fingerprint density at radius 2 is 1.48 bits per heavy atom. The lowest BCUT2D eigenvalue weighted by molar-refractivity contribution is -0.251. The molecule has 11 nitrogen and oxygen atoms in total. The minimum atomic E-state index is -1.26. The number of esters is 3. The first-order valence-corrected chi connectivity index (χ1v) is 7.43. The molecule has 0 unspecified atom stereocenters. The molecule has 0 aromatic heterocycles. The number of amides is 2. The molecule has 0 bridgehead atoms. The van der Waals surface area contributed by atoms with Gasteiger partial charge in [0.25, 0.3) is 0 Å². The Bertz CT molecular complexity index is 605. The fraction of sp³-hybridized carbons (Fsp3) is 0.643. The minimum absolute atomic E-state index is 0.307. The van der Waals surface area contributed by atoms with Crippen molar-refractivity contribution in [2.75, 3.05) is 6.61 Å². The van der Waals surface area contributed by atoms with E-state index in [0.717, 1.165) is 13.8 Å². The first-order chi connectivity index (χ1) is 11.7. The van der Waals surface area contributed by atoms with Crippen LogP contribution in [0.5, 0.6) is 0 Å². The smallest absolute Gasteiger partial charge is 0.309 e. The summed E-state index contributed by atoms with van der Waals surface area (Å²) in [6.07, 6.45) is -3.36. The van der Waals surface area contributed by atoms with Crippen molar-refractivity contribution in [2.45, 2.75) is 51.4 Å². The molecule has 2 heterocycles. The third-order valence-electron chi connectivity index (χ3n) is 3.55. The van der Waals surface area contributed by atoms with Gasteiger partial charge in [-0.25, -0.2) is 0 Å². The lowest BCUT2D eigenvalue weighted by Crippen LogP contribution is -2.75. The second kappa shape index (κ2) is 7.47. The number of rotatable bonds is 4. The van der Waals surface area contributed by atoms with Crippen LogP contribution in [0.4, 0.5) is 0 Å². The van der Waals surface area contributed by atoms with Gasteiger partial charge in [0, 0.05) is 20.8 Å². The Hall–Kier alpha value is -2.69. The Morgan fingerprint density at radius 1 is 0.920 bits per heavy atom. The summed E-state index contributed by atoms with van der Waals surface area (Å²) in [6.45, 7) is 3.16. The summed E-state index contributed by atoms with van der Waals surface area (Å²) >= 11 is 0. The van der Waals surface area contributed by atoms with Crippen LogP contribution in [0.1, 0.15) is 20.8 Å². The Labute approximate surface area is 142 Å². The van der Waals surface area contributed by atoms with E-state index in [0.29, 0.717) is 0 Å². The van der Waals surface area contributed by atoms with Gasteiger partial charge in [-0.1, -0.05) is 0 Å². The van der Waals surface area contributed by atoms with Crippen molar-refractivity contribution in [3.8, 4) is 0 Å². The van der Waals surface area contributed by atoms with Crippen LogP contribution in [0.3, 0.4) is 0 Å². The van der Waals surface area contributed by atoms with Crippen molar-refractivity contribution in [2.24, 2.45) is 0 Å². The van der Waals surface area contributed by atoms with E-state index in [1.165, 1.54) is 6.92 Å². The van der Waals surface area contributed by atoms with Crippen LogP contribution in [0.15, 0.2) is 0 Å². The van der Waals surface area contributed by atoms with Crippen LogP contribution in [0.25, 0.3) is 0 Å². The second-order valence-corrected chi connectivity index (χ2v) is 5.53. The highest BCUT2D eigenvalue weighted by atomic mass is 16.7. The number of ether oxygens (including phenoxy) is 4. The van der Waals surface area contributed by atoms with Crippen molar-refractivity contribution in [1.82, 2.24) is 10.6 Å². The van der Waals surface area contributed by atoms with Gasteiger partial charge in [0.15, 0.2) is 6.10 Å². The highest BCUT2D eigenvalue weighted by Gasteiger charge is 2.53. The molecule has 0 radical (unpaired) electrons. The van der Waals surface area contributed by atoms with Crippen molar-refractivity contribution in [3.05, 3.63) is 0 Å². The van der Waals surface area contributed by atoms with Crippen LogP contribution in [-0.4, -0.2) is 66.9 Å². The van der Waals surface area contributed by atoms with Crippen molar-refractivity contribution in [3.63, 3.8) is 0 Å². The number of hydrogen-bond acceptors (Lipinski definition) is 9. The Morgan fingerprint density at radius 3 is 2.00 bits per heavy atom. The van der Waals surface area contributed by atoms with E-state index in [4.69, 9.17) is 18.9 Å². The maximum atomic E-state index is 11.7. The predicted molar refractivity (Wildman–Crippen MR) is 76.5 cm³/mol. The summed E-state index contributed by atoms with van der Waals surface area (Å²) in [6, 6.07) is -1.92. The van der Waals surface area contributed by atoms with Crippen LogP contribution < -0.4 is 10.6 Å². The molecule has 2 aliphatic heterocycles. The Balaban J connectivity index is 2.30. The number of hydrogen-bond donors (Lipinski definition) is 2. The third kappa shape index (κ3) is 4.44. The summed E-state index contributed by atoms with van der Waals surface area (Å²) in [4.78, 5) is 57.0. The lowest BCUT2D eigenvalue weighted by atomic mass is 9.92. The number of piperazine rings is 1. The molecule has 0 spiro atoms. The largest absolute Gasteiger partial charge is 0.463 e. The number of nitrogens with one attached hydrogen (secondary N) is 2. The quantitative estimate of drug-likeness (QED) is 0.323. The molecule has 25 heavy (non-hydrogen) atoms. The van der Waals surface area contributed by atoms with Crippen LogP contribution in [-0.2, 0) is 42.9 Å². The zero-order chi connectivity index (χ0) is 18.7. The highest BCUT2D eigenvalue weighted by molar-refractivity contribution is 6.35. The van der Waals surface area contributed by atoms with E-state index >= 15 is 0 Å². The van der Waals surface area contributed by atoms with Gasteiger partial charge in [-0.3, -0.25) is 24.0 Å². The molecule has 0 aromatic rings. The van der Waals surface area contributed by atoms with E-state index in [2.05, 4.69) is 10.6 Å². The van der Waals surface area contributed by atoms with Gasteiger partial charge in [0.05, 0.1) is 6.04 Å². The minimum Gasteiger partial charge on any atom is -0.463 e. The van der Waals surface area contributed by atoms with E-state index in [1.807, 2.05) is 0 Å². The van der Waals surface area contributed by atoms with Crippen LogP contribution in [0, 0.1) is 0 Å². The molecule has 2 amide bonds. The lowest BCUT2D eigenvalue weighted by Gasteiger charge is -2.47. The molecule has 2 fully saturated rings. The molecule has 5 atom stereocenters. The van der Waals surface area contributed by atoms with Gasteiger partial charge in [-0.2, -0.15) is 0 Å². The van der Waals surface area contributed by atoms with Gasteiger partial charge in [-0.05, 0) is 0 Å². The SMILES string of the molecule is CC(=O)OC[C@H]1O[C@@H](OC(C)=O)[C@@H]2NC(=O)C(=O)N[C@H]2[C@@H]1OC(C)=O. The molecule has 2 N–H and O–H groups in total. The number of carbonyl (C=O) groups excluding carboxylic acids is 5. The first-order valence-electron chi connectivity index (χ1n) is 7.43. The normalized spacial score (nSPS) is 31.1. The van der Waals surface area contributed by atoms with E-state index in [-0.39, 0.29) is 6.61 Å². The van der Waals surface area contributed by atoms with Crippen molar-refractivity contribution >= 4 is 29.7 Å². The van der Waals surface area contributed by atoms with E-state index in [1.54, 1.807) is 0 Å². The Kier molecular flexibility index (Phi) is 5.57. The molecular formula is C14H18N2O9. The third-order valence-corrected chi connectivity index (χ3v) is 3.55. The number of fused-ring (bicyclic) bond motifs is 1. The van der Waals surface area contributed by atoms with Crippen LogP contribution >= 0.6 is 0 Å². The summed E-state index contributed by atoms with van der Waals surface area (Å²) in [7, 11) is 0. The summed E-state index contributed by atoms with van der Waals surface area (Å²) in [5, 5.41) is 4.76. The van der Waals surface area contributed by atoms with Gasteiger partial charge in [-0.15, -0.1) is 0 Å². The average molecular weight is 358 g/mol. The van der Waals surface area contributed by atoms with Gasteiger partial charge < -0.3 is 29.6 Å².